The summed E-state index contributed by atoms with van der Waals surface area (Å²) in [5.41, 5.74) is 1.21. The van der Waals surface area contributed by atoms with E-state index in [0.29, 0.717) is 5.92 Å². The van der Waals surface area contributed by atoms with E-state index in [1.165, 1.54) is 5.56 Å². The monoisotopic (exact) mass is 241 g/mol. The van der Waals surface area contributed by atoms with Gasteiger partial charge in [0.25, 0.3) is 0 Å². The summed E-state index contributed by atoms with van der Waals surface area (Å²) in [6, 6.07) is 8.03. The Morgan fingerprint density at radius 1 is 1.38 bits per heavy atom. The number of hydrogen-bond acceptors (Lipinski definition) is 2. The summed E-state index contributed by atoms with van der Waals surface area (Å²) in [7, 11) is 1.96. The molecule has 1 N–H and O–H groups in total. The second kappa shape index (κ2) is 7.66. The number of hydrogen-bond donors (Lipinski definition) is 1. The Morgan fingerprint density at radius 3 is 2.75 bits per heavy atom. The summed E-state index contributed by atoms with van der Waals surface area (Å²) in [6.07, 6.45) is 0.998. The van der Waals surface area contributed by atoms with Gasteiger partial charge in [0.15, 0.2) is 0 Å². The number of benzene rings is 1. The Bertz CT molecular complexity index is 304. The Morgan fingerprint density at radius 2 is 2.12 bits per heavy atom. The first-order valence-electron chi connectivity index (χ1n) is 5.76. The van der Waals surface area contributed by atoms with Crippen molar-refractivity contribution in [1.82, 2.24) is 5.32 Å². The first-order chi connectivity index (χ1) is 7.79. The minimum atomic E-state index is 0.422. The third kappa shape index (κ3) is 4.12. The molecule has 1 rings (SSSR count). The highest BCUT2D eigenvalue weighted by Gasteiger charge is 2.13. The van der Waals surface area contributed by atoms with Crippen molar-refractivity contribution in [2.75, 3.05) is 26.8 Å². The third-order valence-electron chi connectivity index (χ3n) is 2.61. The molecule has 0 bridgehead atoms. The topological polar surface area (TPSA) is 21.3 Å². The molecular weight excluding hydrogens is 222 g/mol. The minimum absolute atomic E-state index is 0.422. The van der Waals surface area contributed by atoms with Gasteiger partial charge < -0.3 is 10.1 Å². The molecule has 0 fully saturated rings. The van der Waals surface area contributed by atoms with Crippen molar-refractivity contribution in [3.8, 4) is 0 Å². The normalized spacial score (nSPS) is 12.7. The zero-order valence-corrected chi connectivity index (χ0v) is 10.8. The Kier molecular flexibility index (Phi) is 6.46. The maximum Gasteiger partial charge on any atom is 0.0472 e. The van der Waals surface area contributed by atoms with Gasteiger partial charge >= 0.3 is 0 Å². The van der Waals surface area contributed by atoms with Crippen molar-refractivity contribution in [3.63, 3.8) is 0 Å². The van der Waals surface area contributed by atoms with Gasteiger partial charge in [-0.25, -0.2) is 0 Å². The van der Waals surface area contributed by atoms with Gasteiger partial charge in [0, 0.05) is 24.8 Å². The Balaban J connectivity index is 2.65. The number of likely N-dealkylation sites (N-methyl/N-ethyl adjacent to an activating group) is 1. The Labute approximate surface area is 103 Å². The van der Waals surface area contributed by atoms with Gasteiger partial charge in [-0.2, -0.15) is 0 Å². The van der Waals surface area contributed by atoms with E-state index in [4.69, 9.17) is 16.3 Å². The van der Waals surface area contributed by atoms with Gasteiger partial charge in [-0.05, 0) is 37.9 Å². The molecule has 0 aliphatic carbocycles. The molecule has 1 atom stereocenters. The minimum Gasteiger partial charge on any atom is -0.382 e. The molecule has 0 amide bonds. The molecule has 0 aliphatic rings. The van der Waals surface area contributed by atoms with Crippen molar-refractivity contribution in [2.45, 2.75) is 19.3 Å². The molecule has 0 aliphatic heterocycles. The maximum absolute atomic E-state index is 6.20. The molecular formula is C13H20ClNO. The summed E-state index contributed by atoms with van der Waals surface area (Å²) >= 11 is 6.20. The molecule has 3 heteroatoms. The van der Waals surface area contributed by atoms with Gasteiger partial charge in [-0.15, -0.1) is 0 Å². The molecule has 0 saturated heterocycles. The van der Waals surface area contributed by atoms with Crippen LogP contribution in [0.25, 0.3) is 0 Å². The molecule has 0 heterocycles. The first-order valence-corrected chi connectivity index (χ1v) is 6.14. The lowest BCUT2D eigenvalue weighted by atomic mass is 9.96. The van der Waals surface area contributed by atoms with Crippen molar-refractivity contribution >= 4 is 11.6 Å². The van der Waals surface area contributed by atoms with Crippen LogP contribution >= 0.6 is 11.6 Å². The molecule has 1 aromatic rings. The second-order valence-corrected chi connectivity index (χ2v) is 4.17. The van der Waals surface area contributed by atoms with E-state index in [-0.39, 0.29) is 0 Å². The summed E-state index contributed by atoms with van der Waals surface area (Å²) in [5.74, 6) is 0.422. The first kappa shape index (κ1) is 13.5. The van der Waals surface area contributed by atoms with E-state index < -0.39 is 0 Å². The predicted molar refractivity (Wildman–Crippen MR) is 69.2 cm³/mol. The maximum atomic E-state index is 6.20. The average molecular weight is 242 g/mol. The highest BCUT2D eigenvalue weighted by molar-refractivity contribution is 6.31. The molecule has 0 saturated carbocycles. The van der Waals surface area contributed by atoms with Gasteiger partial charge in [-0.3, -0.25) is 0 Å². The van der Waals surface area contributed by atoms with E-state index in [0.717, 1.165) is 31.2 Å². The predicted octanol–water partition coefficient (Wildman–Crippen LogP) is 3.07. The average Bonchev–Trinajstić information content (AvgIpc) is 2.29. The zero-order chi connectivity index (χ0) is 11.8. The molecule has 1 aromatic carbocycles. The second-order valence-electron chi connectivity index (χ2n) is 3.76. The summed E-state index contributed by atoms with van der Waals surface area (Å²) in [4.78, 5) is 0. The molecule has 2 nitrogen and oxygen atoms in total. The highest BCUT2D eigenvalue weighted by Crippen LogP contribution is 2.26. The van der Waals surface area contributed by atoms with Crippen LogP contribution in [-0.2, 0) is 4.74 Å². The van der Waals surface area contributed by atoms with Crippen molar-refractivity contribution < 1.29 is 4.74 Å². The molecule has 0 radical (unpaired) electrons. The summed E-state index contributed by atoms with van der Waals surface area (Å²) in [6.45, 7) is 4.50. The van der Waals surface area contributed by atoms with Crippen LogP contribution in [0.15, 0.2) is 24.3 Å². The van der Waals surface area contributed by atoms with Crippen LogP contribution in [-0.4, -0.2) is 26.8 Å². The molecule has 0 spiro atoms. The lowest BCUT2D eigenvalue weighted by Gasteiger charge is -2.18. The van der Waals surface area contributed by atoms with E-state index in [1.54, 1.807) is 0 Å². The smallest absolute Gasteiger partial charge is 0.0472 e. The van der Waals surface area contributed by atoms with Crippen LogP contribution in [0.2, 0.25) is 5.02 Å². The van der Waals surface area contributed by atoms with Crippen LogP contribution in [0.4, 0.5) is 0 Å². The van der Waals surface area contributed by atoms with E-state index in [9.17, 15) is 0 Å². The van der Waals surface area contributed by atoms with Crippen LogP contribution in [0.3, 0.4) is 0 Å². The third-order valence-corrected chi connectivity index (χ3v) is 2.95. The van der Waals surface area contributed by atoms with E-state index in [1.807, 2.05) is 32.2 Å². The van der Waals surface area contributed by atoms with E-state index in [2.05, 4.69) is 11.4 Å². The SMILES string of the molecule is CCOCCC(CNC)c1ccccc1Cl. The molecule has 90 valence electrons. The van der Waals surface area contributed by atoms with Gasteiger partial charge in [0.05, 0.1) is 0 Å². The fraction of sp³-hybridized carbons (Fsp3) is 0.538. The quantitative estimate of drug-likeness (QED) is 0.741. The number of halogens is 1. The standard InChI is InChI=1S/C13H20ClNO/c1-3-16-9-8-11(10-15-2)12-6-4-5-7-13(12)14/h4-7,11,15H,3,8-10H2,1-2H3. The van der Waals surface area contributed by atoms with Crippen molar-refractivity contribution in [1.29, 1.82) is 0 Å². The van der Waals surface area contributed by atoms with Crippen molar-refractivity contribution in [2.24, 2.45) is 0 Å². The molecule has 1 unspecified atom stereocenters. The highest BCUT2D eigenvalue weighted by atomic mass is 35.5. The number of ether oxygens (including phenoxy) is 1. The van der Waals surface area contributed by atoms with E-state index >= 15 is 0 Å². The molecule has 16 heavy (non-hydrogen) atoms. The van der Waals surface area contributed by atoms with Crippen LogP contribution in [0, 0.1) is 0 Å². The largest absolute Gasteiger partial charge is 0.382 e. The molecule has 0 aromatic heterocycles. The fourth-order valence-corrected chi connectivity index (χ4v) is 2.08. The van der Waals surface area contributed by atoms with Gasteiger partial charge in [-0.1, -0.05) is 29.8 Å². The van der Waals surface area contributed by atoms with Crippen LogP contribution in [0.1, 0.15) is 24.8 Å². The zero-order valence-electron chi connectivity index (χ0n) is 10.0. The summed E-state index contributed by atoms with van der Waals surface area (Å²) in [5, 5.41) is 4.05. The fourth-order valence-electron chi connectivity index (χ4n) is 1.79. The number of rotatable bonds is 7. The van der Waals surface area contributed by atoms with Crippen LogP contribution < -0.4 is 5.32 Å². The lowest BCUT2D eigenvalue weighted by molar-refractivity contribution is 0.139. The summed E-state index contributed by atoms with van der Waals surface area (Å²) < 4.78 is 5.40. The van der Waals surface area contributed by atoms with Crippen LogP contribution in [0.5, 0.6) is 0 Å². The van der Waals surface area contributed by atoms with Gasteiger partial charge in [0.2, 0.25) is 0 Å². The number of nitrogens with one attached hydrogen (secondary N) is 1. The lowest BCUT2D eigenvalue weighted by Crippen LogP contribution is -2.19. The van der Waals surface area contributed by atoms with Gasteiger partial charge in [0.1, 0.15) is 0 Å². The van der Waals surface area contributed by atoms with Crippen molar-refractivity contribution in [3.05, 3.63) is 34.9 Å². The Hall–Kier alpha value is -0.570.